The average molecular weight is 1580 g/mol. The van der Waals surface area contributed by atoms with Crippen molar-refractivity contribution in [3.8, 4) is 123 Å². The van der Waals surface area contributed by atoms with Crippen molar-refractivity contribution in [3.63, 3.8) is 0 Å². The molecular weight excluding hydrogens is 1500 g/mol. The Hall–Kier alpha value is -16.4. The summed E-state index contributed by atoms with van der Waals surface area (Å²) in [5, 5.41) is 9.62. The number of ether oxygens (including phenoxy) is 2. The van der Waals surface area contributed by atoms with Gasteiger partial charge in [-0.15, -0.1) is 0 Å². The highest BCUT2D eigenvalue weighted by Crippen LogP contribution is 2.52. The van der Waals surface area contributed by atoms with Crippen LogP contribution < -0.4 is 19.3 Å². The van der Waals surface area contributed by atoms with Crippen molar-refractivity contribution >= 4 is 99.3 Å². The van der Waals surface area contributed by atoms with Crippen LogP contribution in [0.25, 0.3) is 166 Å². The van der Waals surface area contributed by atoms with Crippen molar-refractivity contribution < 1.29 is 13.9 Å². The van der Waals surface area contributed by atoms with E-state index in [0.29, 0.717) is 0 Å². The number of hydrogen-bond donors (Lipinski definition) is 0. The largest absolute Gasteiger partial charge is 0.456 e. The molecule has 0 spiro atoms. The Labute approximate surface area is 711 Å². The third-order valence-electron chi connectivity index (χ3n) is 24.5. The van der Waals surface area contributed by atoms with Gasteiger partial charge in [0.05, 0.1) is 22.1 Å². The predicted molar refractivity (Wildman–Crippen MR) is 510 cm³/mol. The monoisotopic (exact) mass is 1570 g/mol. The molecule has 578 valence electrons. The Morgan fingerprint density at radius 1 is 0.179 bits per heavy atom. The highest BCUT2D eigenvalue weighted by atomic mass is 19.1. The van der Waals surface area contributed by atoms with E-state index in [0.717, 1.165) is 118 Å². The standard InChI is InChI=1S/C58H37FN2O.C58H38N2O/c59-43-26-32-47(33-27-43)60(46-30-23-41(24-31-46)48-34-35-52-50-12-5-7-15-56(50)62-57-16-8-13-51(48)58(52)57)45-28-21-39(22-29-45)38-17-19-40(20-18-38)42-25-36-55-53(37-42)49-11-4-6-14-54(49)61(55)44-9-2-1-3-10-44;1-3-12-44(13-4-1)59(47-33-28-42(29-34-47)48-35-36-52-50-17-8-10-20-56(50)61-57-21-11-18-51(48)58(52)57)46-31-26-40(27-32-46)39-22-24-41(25-23-39)43-30-37-55-53(38-43)49-16-7-9-19-54(49)60(55)45-14-5-2-6-15-45/h1-37H;1-38H. The van der Waals surface area contributed by atoms with E-state index in [1.807, 2.05) is 42.5 Å². The van der Waals surface area contributed by atoms with Crippen LogP contribution in [0.15, 0.2) is 455 Å². The fourth-order valence-corrected chi connectivity index (χ4v) is 18.6. The molecule has 0 saturated heterocycles. The van der Waals surface area contributed by atoms with Gasteiger partial charge in [-0.25, -0.2) is 4.39 Å². The number of benzene rings is 20. The molecule has 0 radical (unpaired) electrons. The molecule has 0 atom stereocenters. The van der Waals surface area contributed by atoms with Gasteiger partial charge >= 0.3 is 0 Å². The topological polar surface area (TPSA) is 34.8 Å². The highest BCUT2D eigenvalue weighted by molar-refractivity contribution is 6.14. The molecule has 0 unspecified atom stereocenters. The van der Waals surface area contributed by atoms with Crippen molar-refractivity contribution in [1.82, 2.24) is 9.13 Å². The van der Waals surface area contributed by atoms with Crippen LogP contribution >= 0.6 is 0 Å². The van der Waals surface area contributed by atoms with E-state index in [2.05, 4.69) is 419 Å². The van der Waals surface area contributed by atoms with Gasteiger partial charge in [-0.1, -0.05) is 285 Å². The fraction of sp³-hybridized carbons (Fsp3) is 0. The van der Waals surface area contributed by atoms with Crippen molar-refractivity contribution in [1.29, 1.82) is 0 Å². The van der Waals surface area contributed by atoms with Gasteiger partial charge in [-0.05, 0) is 259 Å². The molecule has 0 aliphatic carbocycles. The van der Waals surface area contributed by atoms with Gasteiger partial charge in [0.2, 0.25) is 0 Å². The molecule has 2 aliphatic rings. The van der Waals surface area contributed by atoms with Gasteiger partial charge in [0.15, 0.2) is 0 Å². The van der Waals surface area contributed by atoms with Crippen molar-refractivity contribution in [2.24, 2.45) is 0 Å². The summed E-state index contributed by atoms with van der Waals surface area (Å²) in [5.41, 5.74) is 31.9. The summed E-state index contributed by atoms with van der Waals surface area (Å²) in [5.74, 6) is 3.29. The molecule has 0 bridgehead atoms. The lowest BCUT2D eigenvalue weighted by Gasteiger charge is -2.26. The summed E-state index contributed by atoms with van der Waals surface area (Å²) in [6.07, 6.45) is 0. The maximum Gasteiger partial charge on any atom is 0.135 e. The molecule has 0 amide bonds. The summed E-state index contributed by atoms with van der Waals surface area (Å²) in [6.45, 7) is 0. The molecule has 2 aliphatic heterocycles. The molecule has 4 heterocycles. The molecule has 6 nitrogen and oxygen atoms in total. The Morgan fingerprint density at radius 3 is 0.854 bits per heavy atom. The first-order valence-electron chi connectivity index (χ1n) is 41.8. The second-order valence-corrected chi connectivity index (χ2v) is 31.5. The average Bonchev–Trinajstić information content (AvgIpc) is 1.35. The zero-order valence-electron chi connectivity index (χ0n) is 66.8. The lowest BCUT2D eigenvalue weighted by molar-refractivity contribution is 0.487. The van der Waals surface area contributed by atoms with E-state index in [9.17, 15) is 4.39 Å². The Balaban J connectivity index is 0.000000142. The number of para-hydroxylation sites is 7. The zero-order chi connectivity index (χ0) is 81.4. The third-order valence-corrected chi connectivity index (χ3v) is 24.5. The zero-order valence-corrected chi connectivity index (χ0v) is 66.8. The van der Waals surface area contributed by atoms with Crippen LogP contribution in [0.1, 0.15) is 0 Å². The molecular formula is C116H75FN4O2. The number of anilines is 6. The Morgan fingerprint density at radius 2 is 0.455 bits per heavy atom. The lowest BCUT2D eigenvalue weighted by atomic mass is 9.90. The second-order valence-electron chi connectivity index (χ2n) is 31.5. The third kappa shape index (κ3) is 12.8. The number of halogens is 1. The minimum atomic E-state index is -0.267. The van der Waals surface area contributed by atoms with E-state index in [1.54, 1.807) is 0 Å². The summed E-state index contributed by atoms with van der Waals surface area (Å²) < 4.78 is 31.7. The molecule has 123 heavy (non-hydrogen) atoms. The quantitative estimate of drug-likeness (QED) is 0.109. The highest BCUT2D eigenvalue weighted by Gasteiger charge is 2.26. The van der Waals surface area contributed by atoms with Gasteiger partial charge in [0.1, 0.15) is 28.8 Å². The summed E-state index contributed by atoms with van der Waals surface area (Å²) in [6, 6.07) is 160. The maximum atomic E-state index is 14.2. The Bertz CT molecular complexity index is 7800. The number of hydrogen-bond acceptors (Lipinski definition) is 4. The van der Waals surface area contributed by atoms with Crippen LogP contribution in [0.2, 0.25) is 0 Å². The summed E-state index contributed by atoms with van der Waals surface area (Å²) in [4.78, 5) is 4.49. The minimum Gasteiger partial charge on any atom is -0.456 e. The van der Waals surface area contributed by atoms with Crippen LogP contribution in [0.4, 0.5) is 38.5 Å². The van der Waals surface area contributed by atoms with Gasteiger partial charge in [0, 0.05) is 88.9 Å². The summed E-state index contributed by atoms with van der Waals surface area (Å²) >= 11 is 0. The first kappa shape index (κ1) is 71.9. The molecule has 0 saturated carbocycles. The molecule has 24 rings (SSSR count). The SMILES string of the molecule is Fc1ccc(N(c2ccc(-c3ccc(-c4ccc5c(c4)c4ccccc4n5-c4ccccc4)cc3)cc2)c2ccc(-c3ccc4c5c(cccc35)Oc3ccccc3-4)cc2)cc1.c1ccc(N(c2ccc(-c3ccc(-c4ccc5c(c4)c4ccccc4n5-c4ccccc4)cc3)cc2)c2ccc(-c3ccc4c5c(cccc35)Oc3ccccc3-4)cc2)cc1. The predicted octanol–water partition coefficient (Wildman–Crippen LogP) is 32.5. The smallest absolute Gasteiger partial charge is 0.135 e. The van der Waals surface area contributed by atoms with Crippen molar-refractivity contribution in [2.75, 3.05) is 9.80 Å². The molecule has 0 N–H and O–H groups in total. The van der Waals surface area contributed by atoms with Crippen molar-refractivity contribution in [2.45, 2.75) is 0 Å². The van der Waals surface area contributed by atoms with E-state index in [1.165, 1.54) is 117 Å². The van der Waals surface area contributed by atoms with E-state index in [4.69, 9.17) is 9.47 Å². The van der Waals surface area contributed by atoms with Crippen LogP contribution in [0.3, 0.4) is 0 Å². The fourth-order valence-electron chi connectivity index (χ4n) is 18.6. The van der Waals surface area contributed by atoms with Gasteiger partial charge < -0.3 is 28.4 Å². The molecule has 0 fully saturated rings. The van der Waals surface area contributed by atoms with Gasteiger partial charge in [0.25, 0.3) is 0 Å². The molecule has 20 aromatic carbocycles. The molecule has 7 heteroatoms. The van der Waals surface area contributed by atoms with Gasteiger partial charge in [-0.2, -0.15) is 0 Å². The minimum absolute atomic E-state index is 0.267. The lowest BCUT2D eigenvalue weighted by Crippen LogP contribution is -2.09. The van der Waals surface area contributed by atoms with Crippen LogP contribution in [-0.2, 0) is 0 Å². The van der Waals surface area contributed by atoms with Gasteiger partial charge in [-0.3, -0.25) is 0 Å². The first-order chi connectivity index (χ1) is 60.9. The molecule has 22 aromatic rings. The number of fused-ring (bicyclic) bond motifs is 10. The van der Waals surface area contributed by atoms with E-state index < -0.39 is 0 Å². The van der Waals surface area contributed by atoms with Crippen LogP contribution in [-0.4, -0.2) is 9.13 Å². The normalized spacial score (nSPS) is 11.7. The maximum absolute atomic E-state index is 14.2. The second kappa shape index (κ2) is 30.2. The first-order valence-corrected chi connectivity index (χ1v) is 41.8. The van der Waals surface area contributed by atoms with E-state index in [-0.39, 0.29) is 5.82 Å². The van der Waals surface area contributed by atoms with E-state index >= 15 is 0 Å². The number of aromatic nitrogens is 2. The number of nitrogens with zero attached hydrogens (tertiary/aromatic N) is 4. The molecule has 2 aromatic heterocycles. The van der Waals surface area contributed by atoms with Crippen LogP contribution in [0, 0.1) is 5.82 Å². The Kier molecular flexibility index (Phi) is 17.7. The van der Waals surface area contributed by atoms with Crippen LogP contribution in [0.5, 0.6) is 23.0 Å². The summed E-state index contributed by atoms with van der Waals surface area (Å²) in [7, 11) is 0. The number of rotatable bonds is 14. The van der Waals surface area contributed by atoms with Crippen molar-refractivity contribution in [3.05, 3.63) is 461 Å².